The maximum Gasteiger partial charge on any atom is 0.175 e. The van der Waals surface area contributed by atoms with Crippen molar-refractivity contribution in [3.63, 3.8) is 0 Å². The molecule has 3 N–H and O–H groups in total. The molecule has 0 aromatic heterocycles. The van der Waals surface area contributed by atoms with Crippen LogP contribution in [0.4, 0.5) is 22.7 Å². The molecule has 3 nitrogen and oxygen atoms in total. The third-order valence-corrected chi connectivity index (χ3v) is 4.00. The maximum absolute atomic E-state index is 5.40. The Hall–Kier alpha value is -2.85. The molecular formula is C21H21N3S. The molecule has 3 aromatic carbocycles. The predicted octanol–water partition coefficient (Wildman–Crippen LogP) is 5.80. The van der Waals surface area contributed by atoms with Crippen molar-refractivity contribution in [2.24, 2.45) is 0 Å². The van der Waals surface area contributed by atoms with Crippen LogP contribution < -0.4 is 16.0 Å². The largest absolute Gasteiger partial charge is 0.356 e. The van der Waals surface area contributed by atoms with E-state index in [4.69, 9.17) is 12.2 Å². The van der Waals surface area contributed by atoms with Crippen molar-refractivity contribution in [2.75, 3.05) is 16.0 Å². The van der Waals surface area contributed by atoms with Gasteiger partial charge in [-0.15, -0.1) is 0 Å². The van der Waals surface area contributed by atoms with Crippen molar-refractivity contribution in [3.05, 3.63) is 84.4 Å². The van der Waals surface area contributed by atoms with Gasteiger partial charge in [0.1, 0.15) is 0 Å². The van der Waals surface area contributed by atoms with Gasteiger partial charge in [-0.05, 0) is 72.7 Å². The number of hydrogen-bond donors (Lipinski definition) is 3. The summed E-state index contributed by atoms with van der Waals surface area (Å²) in [6, 6.07) is 26.4. The van der Waals surface area contributed by atoms with E-state index < -0.39 is 0 Å². The molecule has 4 heteroatoms. The number of nitrogens with one attached hydrogen (secondary N) is 3. The molecule has 25 heavy (non-hydrogen) atoms. The summed E-state index contributed by atoms with van der Waals surface area (Å²) in [7, 11) is 0. The van der Waals surface area contributed by atoms with Gasteiger partial charge >= 0.3 is 0 Å². The highest BCUT2D eigenvalue weighted by Gasteiger charge is 2.01. The summed E-state index contributed by atoms with van der Waals surface area (Å²) in [5.74, 6) is 0. The van der Waals surface area contributed by atoms with Crippen LogP contribution in [0.25, 0.3) is 0 Å². The van der Waals surface area contributed by atoms with E-state index in [-0.39, 0.29) is 0 Å². The first-order chi connectivity index (χ1) is 12.2. The number of para-hydroxylation sites is 1. The SMILES string of the molecule is CCc1cccc(NC(=S)Nc2ccc(Nc3ccccc3)cc2)c1. The molecule has 0 fully saturated rings. The Morgan fingerprint density at radius 2 is 1.32 bits per heavy atom. The zero-order valence-electron chi connectivity index (χ0n) is 14.1. The summed E-state index contributed by atoms with van der Waals surface area (Å²) in [5, 5.41) is 10.4. The van der Waals surface area contributed by atoms with Crippen LogP contribution in [0.2, 0.25) is 0 Å². The van der Waals surface area contributed by atoms with Crippen molar-refractivity contribution in [2.45, 2.75) is 13.3 Å². The van der Waals surface area contributed by atoms with Crippen LogP contribution in [0.15, 0.2) is 78.9 Å². The molecule has 0 saturated heterocycles. The molecule has 0 bridgehead atoms. The van der Waals surface area contributed by atoms with E-state index in [1.54, 1.807) is 0 Å². The minimum atomic E-state index is 0.581. The van der Waals surface area contributed by atoms with Gasteiger partial charge in [-0.3, -0.25) is 0 Å². The first-order valence-corrected chi connectivity index (χ1v) is 8.73. The van der Waals surface area contributed by atoms with Crippen LogP contribution in [-0.2, 0) is 6.42 Å². The Bertz CT molecular complexity index is 829. The average molecular weight is 347 g/mol. The van der Waals surface area contributed by atoms with Gasteiger partial charge in [-0.1, -0.05) is 37.3 Å². The summed E-state index contributed by atoms with van der Waals surface area (Å²) in [6.45, 7) is 2.14. The number of hydrogen-bond acceptors (Lipinski definition) is 2. The quantitative estimate of drug-likeness (QED) is 0.510. The van der Waals surface area contributed by atoms with Crippen molar-refractivity contribution < 1.29 is 0 Å². The molecule has 3 aromatic rings. The molecule has 0 saturated carbocycles. The number of rotatable bonds is 5. The lowest BCUT2D eigenvalue weighted by atomic mass is 10.1. The predicted molar refractivity (Wildman–Crippen MR) is 112 cm³/mol. The highest BCUT2D eigenvalue weighted by Crippen LogP contribution is 2.19. The summed E-state index contributed by atoms with van der Waals surface area (Å²) in [5.41, 5.74) is 5.33. The average Bonchev–Trinajstić information content (AvgIpc) is 2.64. The van der Waals surface area contributed by atoms with Gasteiger partial charge in [0.2, 0.25) is 0 Å². The van der Waals surface area contributed by atoms with E-state index in [1.807, 2.05) is 66.7 Å². The van der Waals surface area contributed by atoms with Gasteiger partial charge in [-0.25, -0.2) is 0 Å². The molecule has 0 amide bonds. The van der Waals surface area contributed by atoms with Crippen molar-refractivity contribution in [3.8, 4) is 0 Å². The Morgan fingerprint density at radius 3 is 2.04 bits per heavy atom. The van der Waals surface area contributed by atoms with Gasteiger partial charge < -0.3 is 16.0 Å². The number of benzene rings is 3. The van der Waals surface area contributed by atoms with Crippen LogP contribution in [0.3, 0.4) is 0 Å². The van der Waals surface area contributed by atoms with Gasteiger partial charge in [-0.2, -0.15) is 0 Å². The fraction of sp³-hybridized carbons (Fsp3) is 0.0952. The molecule has 0 aliphatic rings. The monoisotopic (exact) mass is 347 g/mol. The third-order valence-electron chi connectivity index (χ3n) is 3.80. The van der Waals surface area contributed by atoms with E-state index >= 15 is 0 Å². The zero-order valence-corrected chi connectivity index (χ0v) is 14.9. The molecule has 0 aliphatic heterocycles. The van der Waals surface area contributed by atoms with Gasteiger partial charge in [0, 0.05) is 22.7 Å². The Kier molecular flexibility index (Phi) is 5.65. The Morgan fingerprint density at radius 1 is 0.720 bits per heavy atom. The topological polar surface area (TPSA) is 36.1 Å². The Labute approximate surface area is 154 Å². The van der Waals surface area contributed by atoms with E-state index in [9.17, 15) is 0 Å². The smallest absolute Gasteiger partial charge is 0.175 e. The standard InChI is InChI=1S/C21H21N3S/c1-2-16-7-6-10-20(15-16)24-21(25)23-19-13-11-18(12-14-19)22-17-8-4-3-5-9-17/h3-15,22H,2H2,1H3,(H2,23,24,25). The second kappa shape index (κ2) is 8.31. The second-order valence-electron chi connectivity index (χ2n) is 5.70. The summed E-state index contributed by atoms with van der Waals surface area (Å²) >= 11 is 5.40. The molecule has 0 heterocycles. The number of thiocarbonyl (C=S) groups is 1. The van der Waals surface area contributed by atoms with E-state index in [0.717, 1.165) is 29.2 Å². The zero-order chi connectivity index (χ0) is 17.5. The minimum absolute atomic E-state index is 0.581. The van der Waals surface area contributed by atoms with Gasteiger partial charge in [0.25, 0.3) is 0 Å². The lowest BCUT2D eigenvalue weighted by Gasteiger charge is -2.12. The van der Waals surface area contributed by atoms with Crippen LogP contribution in [0, 0.1) is 0 Å². The molecule has 0 unspecified atom stereocenters. The van der Waals surface area contributed by atoms with Gasteiger partial charge in [0.05, 0.1) is 0 Å². The first-order valence-electron chi connectivity index (χ1n) is 8.32. The second-order valence-corrected chi connectivity index (χ2v) is 6.11. The number of anilines is 4. The van der Waals surface area contributed by atoms with Crippen LogP contribution >= 0.6 is 12.2 Å². The molecule has 0 radical (unpaired) electrons. The minimum Gasteiger partial charge on any atom is -0.356 e. The molecular weight excluding hydrogens is 326 g/mol. The molecule has 126 valence electrons. The van der Waals surface area contributed by atoms with Gasteiger partial charge in [0.15, 0.2) is 5.11 Å². The fourth-order valence-electron chi connectivity index (χ4n) is 2.49. The Balaban J connectivity index is 1.58. The fourth-order valence-corrected chi connectivity index (χ4v) is 2.72. The molecule has 0 atom stereocenters. The maximum atomic E-state index is 5.40. The van der Waals surface area contributed by atoms with Crippen molar-refractivity contribution in [1.82, 2.24) is 0 Å². The van der Waals surface area contributed by atoms with Crippen LogP contribution in [0.1, 0.15) is 12.5 Å². The van der Waals surface area contributed by atoms with E-state index in [0.29, 0.717) is 5.11 Å². The molecule has 0 aliphatic carbocycles. The lowest BCUT2D eigenvalue weighted by molar-refractivity contribution is 1.14. The van der Waals surface area contributed by atoms with Crippen molar-refractivity contribution >= 4 is 40.1 Å². The highest BCUT2D eigenvalue weighted by atomic mass is 32.1. The third kappa shape index (κ3) is 5.06. The summed E-state index contributed by atoms with van der Waals surface area (Å²) in [4.78, 5) is 0. The highest BCUT2D eigenvalue weighted by molar-refractivity contribution is 7.80. The van der Waals surface area contributed by atoms with E-state index in [1.165, 1.54) is 5.56 Å². The van der Waals surface area contributed by atoms with Crippen molar-refractivity contribution in [1.29, 1.82) is 0 Å². The molecule has 0 spiro atoms. The first kappa shape index (κ1) is 17.0. The summed E-state index contributed by atoms with van der Waals surface area (Å²) in [6.07, 6.45) is 1.01. The van der Waals surface area contributed by atoms with E-state index in [2.05, 4.69) is 35.0 Å². The van der Waals surface area contributed by atoms with Crippen LogP contribution in [-0.4, -0.2) is 5.11 Å². The normalized spacial score (nSPS) is 10.1. The number of aryl methyl sites for hydroxylation is 1. The lowest BCUT2D eigenvalue weighted by Crippen LogP contribution is -2.19. The summed E-state index contributed by atoms with van der Waals surface area (Å²) < 4.78 is 0. The molecule has 3 rings (SSSR count). The van der Waals surface area contributed by atoms with Crippen LogP contribution in [0.5, 0.6) is 0 Å².